The Labute approximate surface area is 252 Å². The largest absolute Gasteiger partial charge is 0.487 e. The second-order valence-electron chi connectivity index (χ2n) is 10.3. The van der Waals surface area contributed by atoms with Gasteiger partial charge in [0.05, 0.1) is 23.6 Å². The summed E-state index contributed by atoms with van der Waals surface area (Å²) in [6.07, 6.45) is -3.24. The van der Waals surface area contributed by atoms with Gasteiger partial charge in [0.25, 0.3) is 5.91 Å². The molecule has 0 aliphatic heterocycles. The molecule has 0 saturated heterocycles. The minimum absolute atomic E-state index is 0.0243. The SMILES string of the molecule is CNC(=O)c1c(-c2ccc(NSC(F)F)c(OCc3ccc(F)cc3)c2)nn(C(C)(C)C)c1Nc1cnc(C(F)(F)F)cn1. The molecule has 0 aliphatic rings. The zero-order valence-corrected chi connectivity index (χ0v) is 24.6. The van der Waals surface area contributed by atoms with Crippen molar-refractivity contribution in [2.45, 2.75) is 44.9 Å². The van der Waals surface area contributed by atoms with Crippen LogP contribution < -0.4 is 20.1 Å². The predicted octanol–water partition coefficient (Wildman–Crippen LogP) is 7.22. The minimum atomic E-state index is -4.69. The van der Waals surface area contributed by atoms with Crippen molar-refractivity contribution in [2.75, 3.05) is 17.1 Å². The first kappa shape index (κ1) is 32.4. The number of rotatable bonds is 10. The smallest absolute Gasteiger partial charge is 0.434 e. The van der Waals surface area contributed by atoms with Crippen molar-refractivity contribution < 1.29 is 35.9 Å². The van der Waals surface area contributed by atoms with Crippen molar-refractivity contribution in [3.05, 3.63) is 77.5 Å². The van der Waals surface area contributed by atoms with Crippen molar-refractivity contribution in [3.63, 3.8) is 0 Å². The first-order chi connectivity index (χ1) is 20.7. The number of nitrogens with zero attached hydrogens (tertiary/aromatic N) is 4. The van der Waals surface area contributed by atoms with Crippen molar-refractivity contribution in [1.29, 1.82) is 0 Å². The fourth-order valence-electron chi connectivity index (χ4n) is 3.94. The van der Waals surface area contributed by atoms with Gasteiger partial charge in [-0.25, -0.2) is 19.0 Å². The molecule has 0 spiro atoms. The van der Waals surface area contributed by atoms with Gasteiger partial charge in [0.15, 0.2) is 5.69 Å². The Hall–Kier alpha value is -4.47. The summed E-state index contributed by atoms with van der Waals surface area (Å²) in [5.41, 5.74) is -0.591. The molecule has 4 aromatic rings. The van der Waals surface area contributed by atoms with E-state index < -0.39 is 34.9 Å². The molecule has 16 heteroatoms. The molecule has 0 atom stereocenters. The molecule has 9 nitrogen and oxygen atoms in total. The monoisotopic (exact) mass is 639 g/mol. The molecule has 234 valence electrons. The Kier molecular flexibility index (Phi) is 9.61. The van der Waals surface area contributed by atoms with E-state index >= 15 is 0 Å². The fraction of sp³-hybridized carbons (Fsp3) is 0.286. The highest BCUT2D eigenvalue weighted by Gasteiger charge is 2.33. The normalized spacial score (nSPS) is 11.9. The molecule has 0 saturated carbocycles. The number of halogens is 6. The van der Waals surface area contributed by atoms with Crippen molar-refractivity contribution in [1.82, 2.24) is 25.1 Å². The third-order valence-corrected chi connectivity index (χ3v) is 6.50. The molecule has 0 fully saturated rings. The quantitative estimate of drug-likeness (QED) is 0.123. The molecule has 2 aromatic heterocycles. The lowest BCUT2D eigenvalue weighted by molar-refractivity contribution is -0.141. The number of alkyl halides is 5. The number of hydrogen-bond donors (Lipinski definition) is 3. The van der Waals surface area contributed by atoms with Crippen LogP contribution in [-0.2, 0) is 18.3 Å². The van der Waals surface area contributed by atoms with Crippen molar-refractivity contribution >= 4 is 35.2 Å². The van der Waals surface area contributed by atoms with Gasteiger partial charge in [-0.15, -0.1) is 0 Å². The number of aromatic nitrogens is 4. The molecule has 44 heavy (non-hydrogen) atoms. The maximum Gasteiger partial charge on any atom is 0.434 e. The van der Waals surface area contributed by atoms with Gasteiger partial charge in [0.1, 0.15) is 41.1 Å². The van der Waals surface area contributed by atoms with E-state index in [1.54, 1.807) is 26.8 Å². The lowest BCUT2D eigenvalue weighted by Crippen LogP contribution is -2.26. The average Bonchev–Trinajstić information content (AvgIpc) is 3.35. The summed E-state index contributed by atoms with van der Waals surface area (Å²) in [7, 11) is 1.40. The number of ether oxygens (including phenoxy) is 1. The number of hydrogen-bond acceptors (Lipinski definition) is 8. The van der Waals surface area contributed by atoms with Crippen LogP contribution in [0.4, 0.5) is 43.7 Å². The van der Waals surface area contributed by atoms with Gasteiger partial charge in [0.2, 0.25) is 0 Å². The molecule has 0 radical (unpaired) electrons. The van der Waals surface area contributed by atoms with E-state index in [4.69, 9.17) is 4.74 Å². The van der Waals surface area contributed by atoms with Crippen LogP contribution in [0.25, 0.3) is 11.3 Å². The van der Waals surface area contributed by atoms with E-state index in [1.807, 2.05) is 0 Å². The summed E-state index contributed by atoms with van der Waals surface area (Å²) in [5.74, 6) is -3.58. The lowest BCUT2D eigenvalue weighted by Gasteiger charge is -2.23. The van der Waals surface area contributed by atoms with Crippen LogP contribution in [-0.4, -0.2) is 38.5 Å². The number of carbonyl (C=O) groups is 1. The summed E-state index contributed by atoms with van der Waals surface area (Å²) in [4.78, 5) is 20.5. The van der Waals surface area contributed by atoms with Gasteiger partial charge in [-0.05, 0) is 50.6 Å². The maximum absolute atomic E-state index is 13.4. The first-order valence-corrected chi connectivity index (χ1v) is 13.8. The lowest BCUT2D eigenvalue weighted by atomic mass is 10.1. The van der Waals surface area contributed by atoms with E-state index in [1.165, 1.54) is 48.1 Å². The number of anilines is 3. The maximum atomic E-state index is 13.4. The van der Waals surface area contributed by atoms with Gasteiger partial charge in [-0.3, -0.25) is 4.79 Å². The Morgan fingerprint density at radius 1 is 1.05 bits per heavy atom. The topological polar surface area (TPSA) is 106 Å². The molecular weight excluding hydrogens is 612 g/mol. The Balaban J connectivity index is 1.81. The van der Waals surface area contributed by atoms with E-state index in [0.29, 0.717) is 17.3 Å². The highest BCUT2D eigenvalue weighted by molar-refractivity contribution is 8.00. The van der Waals surface area contributed by atoms with Gasteiger partial charge in [-0.1, -0.05) is 18.2 Å². The second-order valence-corrected chi connectivity index (χ2v) is 11.0. The van der Waals surface area contributed by atoms with Crippen LogP contribution in [0.5, 0.6) is 5.75 Å². The second kappa shape index (κ2) is 13.0. The summed E-state index contributed by atoms with van der Waals surface area (Å²) >= 11 is 0.159. The van der Waals surface area contributed by atoms with Crippen LogP contribution in [0.15, 0.2) is 54.9 Å². The zero-order chi connectivity index (χ0) is 32.2. The first-order valence-electron chi connectivity index (χ1n) is 12.9. The van der Waals surface area contributed by atoms with Crippen LogP contribution in [0.1, 0.15) is 42.4 Å². The summed E-state index contributed by atoms with van der Waals surface area (Å²) in [6, 6.07) is 10.1. The third kappa shape index (κ3) is 7.72. The molecule has 1 amide bonds. The zero-order valence-electron chi connectivity index (χ0n) is 23.8. The summed E-state index contributed by atoms with van der Waals surface area (Å²) in [5, 5.41) is 10.1. The van der Waals surface area contributed by atoms with Crippen LogP contribution in [0.2, 0.25) is 0 Å². The molecule has 0 bridgehead atoms. The van der Waals surface area contributed by atoms with E-state index in [9.17, 15) is 31.1 Å². The molecule has 2 heterocycles. The third-order valence-electron chi connectivity index (χ3n) is 5.98. The fourth-order valence-corrected chi connectivity index (χ4v) is 4.33. The average molecular weight is 640 g/mol. The number of benzene rings is 2. The Morgan fingerprint density at radius 3 is 2.32 bits per heavy atom. The van der Waals surface area contributed by atoms with Gasteiger partial charge in [0, 0.05) is 24.6 Å². The van der Waals surface area contributed by atoms with E-state index in [-0.39, 0.29) is 52.9 Å². The van der Waals surface area contributed by atoms with Crippen LogP contribution in [0, 0.1) is 5.82 Å². The van der Waals surface area contributed by atoms with E-state index in [0.717, 1.165) is 6.20 Å². The molecule has 0 unspecified atom stereocenters. The summed E-state index contributed by atoms with van der Waals surface area (Å²) in [6.45, 7) is 5.36. The van der Waals surface area contributed by atoms with E-state index in [2.05, 4.69) is 30.4 Å². The molecular formula is C28H27F6N7O2S. The predicted molar refractivity (Wildman–Crippen MR) is 154 cm³/mol. The highest BCUT2D eigenvalue weighted by Crippen LogP contribution is 2.39. The van der Waals surface area contributed by atoms with Crippen LogP contribution >= 0.6 is 11.9 Å². The Bertz CT molecular complexity index is 1610. The number of nitrogens with one attached hydrogen (secondary N) is 3. The standard InChI is InChI=1S/C28H27F6N7O2S/c1-27(2,3)41-24(38-21-13-36-20(12-37-21)28(32,33)34)22(25(42)35-4)23(39-41)16-7-10-18(40-44-26(30)31)19(11-16)43-14-15-5-8-17(29)9-6-15/h5-13,26,40H,14H2,1-4H3,(H,35,42)(H,37,38). The van der Waals surface area contributed by atoms with Gasteiger partial charge >= 0.3 is 11.9 Å². The van der Waals surface area contributed by atoms with Crippen molar-refractivity contribution in [3.8, 4) is 17.0 Å². The van der Waals surface area contributed by atoms with Crippen molar-refractivity contribution in [2.24, 2.45) is 0 Å². The summed E-state index contributed by atoms with van der Waals surface area (Å²) < 4.78 is 88.4. The van der Waals surface area contributed by atoms with Gasteiger partial charge in [-0.2, -0.15) is 27.1 Å². The molecule has 3 N–H and O–H groups in total. The minimum Gasteiger partial charge on any atom is -0.487 e. The molecule has 4 rings (SSSR count). The van der Waals surface area contributed by atoms with Gasteiger partial charge < -0.3 is 20.1 Å². The molecule has 2 aromatic carbocycles. The highest BCUT2D eigenvalue weighted by atomic mass is 32.2. The number of amides is 1. The number of carbonyl (C=O) groups excluding carboxylic acids is 1. The van der Waals surface area contributed by atoms with Crippen LogP contribution in [0.3, 0.4) is 0 Å². The Morgan fingerprint density at radius 2 is 1.75 bits per heavy atom. The molecule has 0 aliphatic carbocycles.